The van der Waals surface area contributed by atoms with Crippen LogP contribution >= 0.6 is 11.3 Å². The second kappa shape index (κ2) is 4.38. The van der Waals surface area contributed by atoms with Crippen LogP contribution in [0.25, 0.3) is 10.2 Å². The SMILES string of the molecule is CN(C)S(=O)(=O)c1ccc2c(c1)s/c(=N/N)n2C. The summed E-state index contributed by atoms with van der Waals surface area (Å²) in [6.07, 6.45) is 0. The molecule has 2 aromatic rings. The third-order valence-electron chi connectivity index (χ3n) is 2.67. The first-order valence-corrected chi connectivity index (χ1v) is 7.39. The molecule has 0 fully saturated rings. The van der Waals surface area contributed by atoms with Gasteiger partial charge in [0.25, 0.3) is 0 Å². The monoisotopic (exact) mass is 286 g/mol. The molecule has 0 aliphatic rings. The van der Waals surface area contributed by atoms with E-state index in [1.807, 2.05) is 11.6 Å². The molecule has 8 heteroatoms. The Morgan fingerprint density at radius 2 is 2.06 bits per heavy atom. The van der Waals surface area contributed by atoms with E-state index < -0.39 is 10.0 Å². The number of nitrogens with zero attached hydrogens (tertiary/aromatic N) is 3. The van der Waals surface area contributed by atoms with Gasteiger partial charge in [0.1, 0.15) is 0 Å². The molecule has 1 aromatic carbocycles. The lowest BCUT2D eigenvalue weighted by Gasteiger charge is -2.11. The molecule has 98 valence electrons. The number of hydrogen-bond donors (Lipinski definition) is 1. The smallest absolute Gasteiger partial charge is 0.242 e. The van der Waals surface area contributed by atoms with Crippen LogP contribution < -0.4 is 10.6 Å². The van der Waals surface area contributed by atoms with E-state index in [0.717, 1.165) is 10.2 Å². The highest BCUT2D eigenvalue weighted by molar-refractivity contribution is 7.89. The molecular weight excluding hydrogens is 272 g/mol. The van der Waals surface area contributed by atoms with Crippen molar-refractivity contribution in [3.8, 4) is 0 Å². The van der Waals surface area contributed by atoms with Gasteiger partial charge in [-0.15, -0.1) is 0 Å². The van der Waals surface area contributed by atoms with Crippen LogP contribution in [0.1, 0.15) is 0 Å². The molecule has 2 rings (SSSR count). The van der Waals surface area contributed by atoms with E-state index in [1.54, 1.807) is 18.2 Å². The van der Waals surface area contributed by atoms with Gasteiger partial charge < -0.3 is 10.4 Å². The van der Waals surface area contributed by atoms with Crippen molar-refractivity contribution in [2.45, 2.75) is 4.90 Å². The van der Waals surface area contributed by atoms with Gasteiger partial charge in [0.2, 0.25) is 14.8 Å². The molecule has 0 saturated carbocycles. The molecular formula is C10H14N4O2S2. The molecule has 0 spiro atoms. The third kappa shape index (κ3) is 1.92. The number of nitrogens with two attached hydrogens (primary N) is 1. The van der Waals surface area contributed by atoms with Crippen LogP contribution in [0.3, 0.4) is 0 Å². The van der Waals surface area contributed by atoms with E-state index in [4.69, 9.17) is 5.84 Å². The summed E-state index contributed by atoms with van der Waals surface area (Å²) >= 11 is 1.35. The van der Waals surface area contributed by atoms with E-state index in [2.05, 4.69) is 5.10 Å². The Kier molecular flexibility index (Phi) is 3.18. The Balaban J connectivity index is 2.74. The van der Waals surface area contributed by atoms with Crippen molar-refractivity contribution in [1.82, 2.24) is 8.87 Å². The summed E-state index contributed by atoms with van der Waals surface area (Å²) in [5.74, 6) is 5.27. The minimum Gasteiger partial charge on any atom is -0.320 e. The highest BCUT2D eigenvalue weighted by Gasteiger charge is 2.18. The zero-order chi connectivity index (χ0) is 13.5. The highest BCUT2D eigenvalue weighted by Crippen LogP contribution is 2.22. The first-order valence-electron chi connectivity index (χ1n) is 5.14. The van der Waals surface area contributed by atoms with Crippen molar-refractivity contribution in [2.24, 2.45) is 18.0 Å². The van der Waals surface area contributed by atoms with E-state index in [9.17, 15) is 8.42 Å². The number of benzene rings is 1. The topological polar surface area (TPSA) is 80.7 Å². The molecule has 6 nitrogen and oxygen atoms in total. The summed E-state index contributed by atoms with van der Waals surface area (Å²) in [5.41, 5.74) is 0.905. The van der Waals surface area contributed by atoms with Gasteiger partial charge in [-0.25, -0.2) is 12.7 Å². The highest BCUT2D eigenvalue weighted by atomic mass is 32.2. The average Bonchev–Trinajstić information content (AvgIpc) is 2.65. The first-order chi connectivity index (χ1) is 8.37. The summed E-state index contributed by atoms with van der Waals surface area (Å²) in [6, 6.07) is 4.99. The van der Waals surface area contributed by atoms with Gasteiger partial charge in [0, 0.05) is 21.1 Å². The quantitative estimate of drug-likeness (QED) is 0.635. The lowest BCUT2D eigenvalue weighted by atomic mass is 10.3. The first kappa shape index (κ1) is 13.1. The average molecular weight is 286 g/mol. The maximum absolute atomic E-state index is 12.0. The molecule has 0 atom stereocenters. The molecule has 18 heavy (non-hydrogen) atoms. The molecule has 2 N–H and O–H groups in total. The molecule has 0 radical (unpaired) electrons. The largest absolute Gasteiger partial charge is 0.320 e. The van der Waals surface area contributed by atoms with Gasteiger partial charge in [-0.05, 0) is 18.2 Å². The summed E-state index contributed by atoms with van der Waals surface area (Å²) in [4.78, 5) is 0.912. The summed E-state index contributed by atoms with van der Waals surface area (Å²) in [6.45, 7) is 0. The fraction of sp³-hybridized carbons (Fsp3) is 0.300. The Hall–Kier alpha value is -1.38. The van der Waals surface area contributed by atoms with Crippen molar-refractivity contribution in [3.05, 3.63) is 23.0 Å². The van der Waals surface area contributed by atoms with Crippen LogP contribution in [0.5, 0.6) is 0 Å². The van der Waals surface area contributed by atoms with E-state index in [-0.39, 0.29) is 4.90 Å². The third-order valence-corrected chi connectivity index (χ3v) is 5.59. The fourth-order valence-electron chi connectivity index (χ4n) is 1.61. The maximum atomic E-state index is 12.0. The number of aryl methyl sites for hydroxylation is 1. The Morgan fingerprint density at radius 1 is 1.39 bits per heavy atom. The van der Waals surface area contributed by atoms with Gasteiger partial charge in [-0.3, -0.25) is 0 Å². The van der Waals surface area contributed by atoms with Crippen LogP contribution in [0.2, 0.25) is 0 Å². The number of rotatable bonds is 2. The van der Waals surface area contributed by atoms with Crippen LogP contribution in [0.4, 0.5) is 0 Å². The Labute approximate surface area is 109 Å². The molecule has 1 aromatic heterocycles. The fourth-order valence-corrected chi connectivity index (χ4v) is 3.59. The molecule has 0 unspecified atom stereocenters. The summed E-state index contributed by atoms with van der Waals surface area (Å²) in [7, 11) is 1.45. The predicted molar refractivity (Wildman–Crippen MR) is 71.4 cm³/mol. The zero-order valence-corrected chi connectivity index (χ0v) is 11.9. The molecule has 0 bridgehead atoms. The second-order valence-electron chi connectivity index (χ2n) is 3.99. The van der Waals surface area contributed by atoms with Gasteiger partial charge in [-0.2, -0.15) is 5.10 Å². The number of sulfonamides is 1. The van der Waals surface area contributed by atoms with Crippen molar-refractivity contribution in [3.63, 3.8) is 0 Å². The van der Waals surface area contributed by atoms with Gasteiger partial charge >= 0.3 is 0 Å². The lowest BCUT2D eigenvalue weighted by molar-refractivity contribution is 0.521. The van der Waals surface area contributed by atoms with Gasteiger partial charge in [-0.1, -0.05) is 11.3 Å². The minimum absolute atomic E-state index is 0.269. The maximum Gasteiger partial charge on any atom is 0.242 e. The normalized spacial score (nSPS) is 13.7. The molecule has 0 amide bonds. The molecule has 0 aliphatic carbocycles. The van der Waals surface area contributed by atoms with E-state index in [0.29, 0.717) is 4.80 Å². The number of fused-ring (bicyclic) bond motifs is 1. The lowest BCUT2D eigenvalue weighted by Crippen LogP contribution is -2.22. The van der Waals surface area contributed by atoms with Crippen molar-refractivity contribution < 1.29 is 8.42 Å². The van der Waals surface area contributed by atoms with Crippen molar-refractivity contribution >= 4 is 31.6 Å². The second-order valence-corrected chi connectivity index (χ2v) is 7.15. The molecule has 0 aliphatic heterocycles. The Bertz CT molecular complexity index is 756. The predicted octanol–water partition coefficient (Wildman–Crippen LogP) is 0.265. The Morgan fingerprint density at radius 3 is 2.61 bits per heavy atom. The molecule has 0 saturated heterocycles. The number of thiazole rings is 1. The number of hydrogen-bond acceptors (Lipinski definition) is 5. The minimum atomic E-state index is -3.41. The van der Waals surface area contributed by atoms with Gasteiger partial charge in [0.05, 0.1) is 15.1 Å². The van der Waals surface area contributed by atoms with Crippen molar-refractivity contribution in [2.75, 3.05) is 14.1 Å². The molecule has 1 heterocycles. The van der Waals surface area contributed by atoms with Crippen LogP contribution in [0.15, 0.2) is 28.2 Å². The van der Waals surface area contributed by atoms with Crippen LogP contribution in [0, 0.1) is 0 Å². The summed E-state index contributed by atoms with van der Waals surface area (Å²) in [5, 5.41) is 3.66. The van der Waals surface area contributed by atoms with Crippen LogP contribution in [-0.4, -0.2) is 31.4 Å². The zero-order valence-electron chi connectivity index (χ0n) is 10.3. The number of aromatic nitrogens is 1. The van der Waals surface area contributed by atoms with E-state index >= 15 is 0 Å². The van der Waals surface area contributed by atoms with Crippen molar-refractivity contribution in [1.29, 1.82) is 0 Å². The van der Waals surface area contributed by atoms with Gasteiger partial charge in [0.15, 0.2) is 0 Å². The summed E-state index contributed by atoms with van der Waals surface area (Å²) < 4.78 is 27.9. The van der Waals surface area contributed by atoms with E-state index in [1.165, 1.54) is 29.7 Å². The van der Waals surface area contributed by atoms with Crippen LogP contribution in [-0.2, 0) is 17.1 Å². The standard InChI is InChI=1S/C10H14N4O2S2/c1-13(2)18(15,16)7-4-5-8-9(6-7)17-10(12-11)14(8)3/h4-6H,11H2,1-3H3/b12-10+.